The van der Waals surface area contributed by atoms with Gasteiger partial charge in [0.15, 0.2) is 0 Å². The first kappa shape index (κ1) is 13.2. The molecule has 0 amide bonds. The van der Waals surface area contributed by atoms with Crippen molar-refractivity contribution in [2.24, 2.45) is 0 Å². The van der Waals surface area contributed by atoms with E-state index in [-0.39, 0.29) is 4.21 Å². The van der Waals surface area contributed by atoms with Crippen molar-refractivity contribution < 1.29 is 8.42 Å². The molecule has 3 N–H and O–H groups in total. The van der Waals surface area contributed by atoms with Gasteiger partial charge in [-0.1, -0.05) is 17.7 Å². The van der Waals surface area contributed by atoms with E-state index < -0.39 is 10.0 Å². The summed E-state index contributed by atoms with van der Waals surface area (Å²) < 4.78 is 26.8. The van der Waals surface area contributed by atoms with Gasteiger partial charge in [0.1, 0.15) is 4.21 Å². The third kappa shape index (κ3) is 2.60. The molecule has 0 atom stereocenters. The molecule has 18 heavy (non-hydrogen) atoms. The third-order valence-electron chi connectivity index (χ3n) is 2.35. The molecule has 0 aliphatic rings. The minimum atomic E-state index is -3.55. The number of thiophene rings is 1. The van der Waals surface area contributed by atoms with E-state index in [0.29, 0.717) is 16.4 Å². The van der Waals surface area contributed by atoms with Crippen molar-refractivity contribution in [3.8, 4) is 0 Å². The van der Waals surface area contributed by atoms with Gasteiger partial charge in [-0.3, -0.25) is 4.72 Å². The second-order valence-electron chi connectivity index (χ2n) is 3.73. The Morgan fingerprint density at radius 2 is 2.11 bits per heavy atom. The van der Waals surface area contributed by atoms with Crippen molar-refractivity contribution in [2.45, 2.75) is 11.1 Å². The van der Waals surface area contributed by atoms with Crippen molar-refractivity contribution in [3.05, 3.63) is 40.2 Å². The van der Waals surface area contributed by atoms with Gasteiger partial charge in [0.05, 0.1) is 16.4 Å². The number of hydrogen-bond donors (Lipinski definition) is 2. The molecular weight excluding hydrogens is 292 g/mol. The predicted molar refractivity (Wildman–Crippen MR) is 75.7 cm³/mol. The van der Waals surface area contributed by atoms with Crippen molar-refractivity contribution >= 4 is 44.3 Å². The number of sulfonamides is 1. The molecule has 0 radical (unpaired) electrons. The minimum Gasteiger partial charge on any atom is -0.398 e. The molecule has 4 nitrogen and oxygen atoms in total. The van der Waals surface area contributed by atoms with E-state index in [2.05, 4.69) is 4.72 Å². The number of nitrogens with two attached hydrogens (primary N) is 1. The zero-order chi connectivity index (χ0) is 13.3. The molecular formula is C11H11ClN2O2S2. The fourth-order valence-corrected chi connectivity index (χ4v) is 3.70. The van der Waals surface area contributed by atoms with Crippen LogP contribution in [0.3, 0.4) is 0 Å². The molecule has 0 bridgehead atoms. The summed E-state index contributed by atoms with van der Waals surface area (Å²) in [7, 11) is -3.55. The molecule has 0 saturated heterocycles. The van der Waals surface area contributed by atoms with Gasteiger partial charge in [-0.25, -0.2) is 8.42 Å². The molecule has 2 rings (SSSR count). The summed E-state index contributed by atoms with van der Waals surface area (Å²) >= 11 is 7.04. The van der Waals surface area contributed by atoms with Crippen molar-refractivity contribution in [1.29, 1.82) is 0 Å². The highest BCUT2D eigenvalue weighted by atomic mass is 35.5. The molecule has 2 aromatic rings. The normalized spacial score (nSPS) is 11.4. The molecule has 0 aliphatic heterocycles. The van der Waals surface area contributed by atoms with Crippen molar-refractivity contribution in [2.75, 3.05) is 10.5 Å². The van der Waals surface area contributed by atoms with Gasteiger partial charge in [-0.15, -0.1) is 11.3 Å². The maximum Gasteiger partial charge on any atom is 0.271 e. The lowest BCUT2D eigenvalue weighted by molar-refractivity contribution is 0.603. The lowest BCUT2D eigenvalue weighted by Gasteiger charge is -2.11. The van der Waals surface area contributed by atoms with E-state index >= 15 is 0 Å². The van der Waals surface area contributed by atoms with Crippen LogP contribution in [-0.2, 0) is 10.0 Å². The number of benzene rings is 1. The Labute approximate surface area is 114 Å². The average Bonchev–Trinajstić information content (AvgIpc) is 2.79. The average molecular weight is 303 g/mol. The SMILES string of the molecule is Cc1cc(N)c(Cl)cc1NS(=O)(=O)c1cccs1. The molecule has 1 aromatic heterocycles. The van der Waals surface area contributed by atoms with E-state index in [1.54, 1.807) is 30.5 Å². The monoisotopic (exact) mass is 302 g/mol. The van der Waals surface area contributed by atoms with Gasteiger partial charge in [0.2, 0.25) is 0 Å². The molecule has 7 heteroatoms. The van der Waals surface area contributed by atoms with Gasteiger partial charge >= 0.3 is 0 Å². The Morgan fingerprint density at radius 1 is 1.39 bits per heavy atom. The first-order valence-electron chi connectivity index (χ1n) is 5.02. The number of nitrogen functional groups attached to an aromatic ring is 1. The predicted octanol–water partition coefficient (Wildman–Crippen LogP) is 3.09. The minimum absolute atomic E-state index is 0.259. The molecule has 0 saturated carbocycles. The maximum atomic E-state index is 12.0. The summed E-state index contributed by atoms with van der Waals surface area (Å²) in [5.74, 6) is 0. The van der Waals surface area contributed by atoms with Crippen LogP contribution in [0.5, 0.6) is 0 Å². The van der Waals surface area contributed by atoms with Crippen LogP contribution in [0.4, 0.5) is 11.4 Å². The molecule has 0 fully saturated rings. The molecule has 1 aromatic carbocycles. The van der Waals surface area contributed by atoms with Gasteiger partial charge in [0.25, 0.3) is 10.0 Å². The summed E-state index contributed by atoms with van der Waals surface area (Å²) in [5.41, 5.74) is 7.22. The van der Waals surface area contributed by atoms with Gasteiger partial charge in [-0.05, 0) is 36.1 Å². The number of anilines is 2. The Hall–Kier alpha value is -1.24. The van der Waals surface area contributed by atoms with E-state index in [4.69, 9.17) is 17.3 Å². The molecule has 0 spiro atoms. The first-order chi connectivity index (χ1) is 8.40. The summed E-state index contributed by atoms with van der Waals surface area (Å²) in [6, 6.07) is 6.37. The highest BCUT2D eigenvalue weighted by molar-refractivity contribution is 7.94. The number of halogens is 1. The zero-order valence-corrected chi connectivity index (χ0v) is 11.9. The largest absolute Gasteiger partial charge is 0.398 e. The Morgan fingerprint density at radius 3 is 2.72 bits per heavy atom. The van der Waals surface area contributed by atoms with Crippen LogP contribution in [0.1, 0.15) is 5.56 Å². The number of hydrogen-bond acceptors (Lipinski definition) is 4. The Kier molecular flexibility index (Phi) is 3.52. The van der Waals surface area contributed by atoms with Crippen LogP contribution in [0.2, 0.25) is 5.02 Å². The quantitative estimate of drug-likeness (QED) is 0.856. The number of nitrogens with one attached hydrogen (secondary N) is 1. The van der Waals surface area contributed by atoms with E-state index in [0.717, 1.165) is 16.9 Å². The summed E-state index contributed by atoms with van der Waals surface area (Å²) in [6.45, 7) is 1.76. The van der Waals surface area contributed by atoms with Crippen LogP contribution in [0, 0.1) is 6.92 Å². The van der Waals surface area contributed by atoms with Crippen LogP contribution >= 0.6 is 22.9 Å². The zero-order valence-electron chi connectivity index (χ0n) is 9.48. The molecule has 0 unspecified atom stereocenters. The lowest BCUT2D eigenvalue weighted by atomic mass is 10.2. The second kappa shape index (κ2) is 4.79. The fourth-order valence-electron chi connectivity index (χ4n) is 1.43. The van der Waals surface area contributed by atoms with E-state index in [9.17, 15) is 8.42 Å². The Bertz CT molecular complexity index is 667. The Balaban J connectivity index is 2.39. The van der Waals surface area contributed by atoms with E-state index in [1.807, 2.05) is 0 Å². The highest BCUT2D eigenvalue weighted by Crippen LogP contribution is 2.29. The van der Waals surface area contributed by atoms with Gasteiger partial charge < -0.3 is 5.73 Å². The van der Waals surface area contributed by atoms with E-state index in [1.165, 1.54) is 6.07 Å². The standard InChI is InChI=1S/C11H11ClN2O2S2/c1-7-5-9(13)8(12)6-10(7)14-18(15,16)11-3-2-4-17-11/h2-6,14H,13H2,1H3. The molecule has 1 heterocycles. The van der Waals surface area contributed by atoms with Crippen LogP contribution < -0.4 is 10.5 Å². The van der Waals surface area contributed by atoms with Crippen molar-refractivity contribution in [1.82, 2.24) is 0 Å². The lowest BCUT2D eigenvalue weighted by Crippen LogP contribution is -2.12. The fraction of sp³-hybridized carbons (Fsp3) is 0.0909. The second-order valence-corrected chi connectivity index (χ2v) is 6.99. The van der Waals surface area contributed by atoms with Crippen molar-refractivity contribution in [3.63, 3.8) is 0 Å². The molecule has 96 valence electrons. The smallest absolute Gasteiger partial charge is 0.271 e. The van der Waals surface area contributed by atoms with Crippen LogP contribution in [0.15, 0.2) is 33.9 Å². The van der Waals surface area contributed by atoms with Gasteiger partial charge in [-0.2, -0.15) is 0 Å². The first-order valence-corrected chi connectivity index (χ1v) is 7.76. The highest BCUT2D eigenvalue weighted by Gasteiger charge is 2.16. The molecule has 0 aliphatic carbocycles. The summed E-state index contributed by atoms with van der Waals surface area (Å²) in [4.78, 5) is 0. The van der Waals surface area contributed by atoms with Crippen LogP contribution in [-0.4, -0.2) is 8.42 Å². The summed E-state index contributed by atoms with van der Waals surface area (Å²) in [5, 5.41) is 2.03. The topological polar surface area (TPSA) is 72.2 Å². The van der Waals surface area contributed by atoms with Gasteiger partial charge in [0, 0.05) is 0 Å². The number of aryl methyl sites for hydroxylation is 1. The summed E-state index contributed by atoms with van der Waals surface area (Å²) in [6.07, 6.45) is 0. The third-order valence-corrected chi connectivity index (χ3v) is 5.44. The number of rotatable bonds is 3. The maximum absolute atomic E-state index is 12.0. The van der Waals surface area contributed by atoms with Crippen LogP contribution in [0.25, 0.3) is 0 Å².